The first-order valence-corrected chi connectivity index (χ1v) is 6.52. The number of nitrogens with one attached hydrogen (secondary N) is 1. The normalized spacial score (nSPS) is 18.3. The number of carboxylic acid groups (broad SMARTS) is 1. The maximum atomic E-state index is 11.8. The molecule has 1 fully saturated rings. The smallest absolute Gasteiger partial charge is 0.317 e. The number of hydrogen-bond donors (Lipinski definition) is 3. The number of primary amides is 1. The van der Waals surface area contributed by atoms with Crippen molar-refractivity contribution in [1.82, 2.24) is 10.2 Å². The van der Waals surface area contributed by atoms with E-state index in [9.17, 15) is 14.4 Å². The van der Waals surface area contributed by atoms with Crippen molar-refractivity contribution in [2.45, 2.75) is 32.1 Å². The molecule has 0 bridgehead atoms. The van der Waals surface area contributed by atoms with E-state index in [1.807, 2.05) is 0 Å². The van der Waals surface area contributed by atoms with Crippen molar-refractivity contribution in [3.63, 3.8) is 0 Å². The summed E-state index contributed by atoms with van der Waals surface area (Å²) < 4.78 is 0. The fourth-order valence-electron chi connectivity index (χ4n) is 2.15. The first kappa shape index (κ1) is 15.3. The molecule has 19 heavy (non-hydrogen) atoms. The van der Waals surface area contributed by atoms with Crippen LogP contribution in [0.1, 0.15) is 32.1 Å². The van der Waals surface area contributed by atoms with Gasteiger partial charge in [0.2, 0.25) is 5.91 Å². The number of rotatable bonds is 7. The Kier molecular flexibility index (Phi) is 6.11. The zero-order chi connectivity index (χ0) is 14.3. The maximum absolute atomic E-state index is 11.8. The summed E-state index contributed by atoms with van der Waals surface area (Å²) in [4.78, 5) is 34.4. The lowest BCUT2D eigenvalue weighted by molar-refractivity contribution is -0.137. The molecule has 0 aromatic rings. The topological polar surface area (TPSA) is 113 Å². The molecule has 1 rings (SSSR count). The quantitative estimate of drug-likeness (QED) is 0.572. The second kappa shape index (κ2) is 7.60. The minimum atomic E-state index is -0.797. The second-order valence-electron chi connectivity index (χ2n) is 4.83. The molecule has 1 heterocycles. The minimum absolute atomic E-state index is 0.151. The number of urea groups is 1. The van der Waals surface area contributed by atoms with Gasteiger partial charge in [-0.25, -0.2) is 4.79 Å². The fraction of sp³-hybridized carbons (Fsp3) is 0.750. The van der Waals surface area contributed by atoms with Gasteiger partial charge in [0.05, 0.1) is 0 Å². The third-order valence-electron chi connectivity index (χ3n) is 3.22. The van der Waals surface area contributed by atoms with Gasteiger partial charge in [0.15, 0.2) is 0 Å². The predicted octanol–water partition coefficient (Wildman–Crippen LogP) is 0.148. The highest BCUT2D eigenvalue weighted by Gasteiger charge is 2.26. The molecule has 0 spiro atoms. The Labute approximate surface area is 112 Å². The van der Waals surface area contributed by atoms with E-state index in [4.69, 9.17) is 10.8 Å². The van der Waals surface area contributed by atoms with Crippen LogP contribution in [0.3, 0.4) is 0 Å². The van der Waals surface area contributed by atoms with Crippen LogP contribution in [0.4, 0.5) is 4.79 Å². The molecular weight excluding hydrogens is 250 g/mol. The second-order valence-corrected chi connectivity index (χ2v) is 4.83. The zero-order valence-electron chi connectivity index (χ0n) is 10.9. The molecule has 4 N–H and O–H groups in total. The highest BCUT2D eigenvalue weighted by atomic mass is 16.4. The van der Waals surface area contributed by atoms with E-state index in [0.29, 0.717) is 32.5 Å². The van der Waals surface area contributed by atoms with E-state index in [1.165, 1.54) is 0 Å². The summed E-state index contributed by atoms with van der Waals surface area (Å²) in [6.07, 6.45) is 2.42. The van der Waals surface area contributed by atoms with E-state index in [2.05, 4.69) is 5.32 Å². The summed E-state index contributed by atoms with van der Waals surface area (Å²) in [5, 5.41) is 11.3. The number of likely N-dealkylation sites (tertiary alicyclic amines) is 1. The van der Waals surface area contributed by atoms with Crippen molar-refractivity contribution in [1.29, 1.82) is 0 Å². The first-order chi connectivity index (χ1) is 8.99. The molecule has 1 unspecified atom stereocenters. The molecule has 0 radical (unpaired) electrons. The Morgan fingerprint density at radius 2 is 2.05 bits per heavy atom. The molecular formula is C12H21N3O4. The summed E-state index contributed by atoms with van der Waals surface area (Å²) in [5.74, 6) is -0.897. The Morgan fingerprint density at radius 1 is 1.32 bits per heavy atom. The van der Waals surface area contributed by atoms with Gasteiger partial charge in [-0.2, -0.15) is 0 Å². The van der Waals surface area contributed by atoms with Crippen molar-refractivity contribution < 1.29 is 19.5 Å². The van der Waals surface area contributed by atoms with Gasteiger partial charge in [0.25, 0.3) is 0 Å². The molecule has 0 aliphatic carbocycles. The van der Waals surface area contributed by atoms with Crippen LogP contribution in [0.2, 0.25) is 0 Å². The Balaban J connectivity index is 2.17. The van der Waals surface area contributed by atoms with Crippen molar-refractivity contribution in [3.8, 4) is 0 Å². The molecule has 0 saturated carbocycles. The number of hydrogen-bond acceptors (Lipinski definition) is 3. The van der Waals surface area contributed by atoms with Crippen molar-refractivity contribution >= 4 is 17.9 Å². The van der Waals surface area contributed by atoms with Crippen LogP contribution in [-0.4, -0.2) is 47.5 Å². The number of aliphatic carboxylic acids is 1. The lowest BCUT2D eigenvalue weighted by Gasteiger charge is -2.17. The average Bonchev–Trinajstić information content (AvgIpc) is 2.80. The average molecular weight is 271 g/mol. The number of nitrogens with two attached hydrogens (primary N) is 1. The molecule has 7 nitrogen and oxygen atoms in total. The molecule has 0 aromatic carbocycles. The van der Waals surface area contributed by atoms with Crippen LogP contribution in [0.25, 0.3) is 0 Å². The van der Waals surface area contributed by atoms with Crippen LogP contribution in [0, 0.1) is 5.92 Å². The summed E-state index contributed by atoms with van der Waals surface area (Å²) in [6, 6.07) is -0.151. The predicted molar refractivity (Wildman–Crippen MR) is 68.4 cm³/mol. The highest BCUT2D eigenvalue weighted by Crippen LogP contribution is 2.20. The zero-order valence-corrected chi connectivity index (χ0v) is 10.9. The third-order valence-corrected chi connectivity index (χ3v) is 3.22. The number of amides is 3. The summed E-state index contributed by atoms with van der Waals surface area (Å²) in [5.41, 5.74) is 5.00. The van der Waals surface area contributed by atoms with E-state index in [1.54, 1.807) is 4.90 Å². The van der Waals surface area contributed by atoms with Crippen LogP contribution in [0.5, 0.6) is 0 Å². The van der Waals surface area contributed by atoms with Gasteiger partial charge in [-0.1, -0.05) is 0 Å². The van der Waals surface area contributed by atoms with Crippen molar-refractivity contribution in [2.75, 3.05) is 19.6 Å². The van der Waals surface area contributed by atoms with Gasteiger partial charge in [0, 0.05) is 32.5 Å². The van der Waals surface area contributed by atoms with Gasteiger partial charge >= 0.3 is 12.0 Å². The lowest BCUT2D eigenvalue weighted by Crippen LogP contribution is -2.39. The summed E-state index contributed by atoms with van der Waals surface area (Å²) in [7, 11) is 0. The van der Waals surface area contributed by atoms with E-state index >= 15 is 0 Å². The van der Waals surface area contributed by atoms with Crippen LogP contribution < -0.4 is 11.1 Å². The Hall–Kier alpha value is -1.79. The molecule has 0 aromatic heterocycles. The highest BCUT2D eigenvalue weighted by molar-refractivity contribution is 5.75. The maximum Gasteiger partial charge on any atom is 0.317 e. The minimum Gasteiger partial charge on any atom is -0.481 e. The molecule has 1 atom stereocenters. The van der Waals surface area contributed by atoms with Crippen molar-refractivity contribution in [2.24, 2.45) is 11.7 Å². The van der Waals surface area contributed by atoms with Crippen LogP contribution >= 0.6 is 0 Å². The van der Waals surface area contributed by atoms with E-state index < -0.39 is 5.97 Å². The van der Waals surface area contributed by atoms with Crippen LogP contribution in [0.15, 0.2) is 0 Å². The largest absolute Gasteiger partial charge is 0.481 e. The summed E-state index contributed by atoms with van der Waals surface area (Å²) >= 11 is 0. The third kappa shape index (κ3) is 6.08. The lowest BCUT2D eigenvalue weighted by atomic mass is 10.0. The number of carboxylic acids is 1. The first-order valence-electron chi connectivity index (χ1n) is 6.52. The molecule has 7 heteroatoms. The molecule has 108 valence electrons. The molecule has 1 aliphatic rings. The number of nitrogens with zero attached hydrogens (tertiary/aromatic N) is 1. The van der Waals surface area contributed by atoms with Gasteiger partial charge < -0.3 is 21.1 Å². The Bertz CT molecular complexity index is 346. The van der Waals surface area contributed by atoms with Crippen molar-refractivity contribution in [3.05, 3.63) is 0 Å². The molecule has 1 saturated heterocycles. The monoisotopic (exact) mass is 271 g/mol. The van der Waals surface area contributed by atoms with E-state index in [0.717, 1.165) is 6.42 Å². The fourth-order valence-corrected chi connectivity index (χ4v) is 2.15. The van der Waals surface area contributed by atoms with Gasteiger partial charge in [-0.3, -0.25) is 9.59 Å². The van der Waals surface area contributed by atoms with E-state index in [-0.39, 0.29) is 30.7 Å². The van der Waals surface area contributed by atoms with Crippen LogP contribution in [-0.2, 0) is 9.59 Å². The molecule has 1 aliphatic heterocycles. The van der Waals surface area contributed by atoms with Gasteiger partial charge in [-0.05, 0) is 25.2 Å². The van der Waals surface area contributed by atoms with Gasteiger partial charge in [-0.15, -0.1) is 0 Å². The standard InChI is InChI=1S/C12H21N3O4/c13-10(16)2-1-6-14-12(19)15-7-5-9(8-15)3-4-11(17)18/h9H,1-8H2,(H2,13,16)(H,14,19)(H,17,18). The van der Waals surface area contributed by atoms with Gasteiger partial charge in [0.1, 0.15) is 0 Å². The molecule has 3 amide bonds. The Morgan fingerprint density at radius 3 is 2.68 bits per heavy atom. The number of carbonyl (C=O) groups excluding carboxylic acids is 2. The summed E-state index contributed by atoms with van der Waals surface area (Å²) in [6.45, 7) is 1.69. The SMILES string of the molecule is NC(=O)CCCNC(=O)N1CCC(CCC(=O)O)C1. The number of carbonyl (C=O) groups is 3.